The van der Waals surface area contributed by atoms with Crippen LogP contribution in [0.4, 0.5) is 18.9 Å². The lowest BCUT2D eigenvalue weighted by atomic mass is 9.73. The maximum absolute atomic E-state index is 13.4. The Kier molecular flexibility index (Phi) is 10.5. The maximum Gasteiger partial charge on any atom is 0.416 e. The highest BCUT2D eigenvalue weighted by atomic mass is 19.4. The smallest absolute Gasteiger partial charge is 0.378 e. The molecule has 1 aliphatic heterocycles. The summed E-state index contributed by atoms with van der Waals surface area (Å²) < 4.78 is 40.1. The zero-order valence-electron chi connectivity index (χ0n) is 21.2. The third-order valence-electron chi connectivity index (χ3n) is 6.66. The Morgan fingerprint density at radius 2 is 1.97 bits per heavy atom. The molecule has 7 heteroatoms. The van der Waals surface area contributed by atoms with E-state index < -0.39 is 11.7 Å². The highest BCUT2D eigenvalue weighted by molar-refractivity contribution is 5.59. The van der Waals surface area contributed by atoms with Crippen molar-refractivity contribution in [3.63, 3.8) is 0 Å². The van der Waals surface area contributed by atoms with Gasteiger partial charge >= 0.3 is 6.18 Å². The Morgan fingerprint density at radius 3 is 2.62 bits per heavy atom. The van der Waals surface area contributed by atoms with Gasteiger partial charge in [0, 0.05) is 25.3 Å². The number of fused-ring (bicyclic) bond motifs is 1. The van der Waals surface area contributed by atoms with Crippen LogP contribution in [0.15, 0.2) is 54.4 Å². The number of rotatable bonds is 12. The molecule has 0 fully saturated rings. The molecule has 0 aliphatic carbocycles. The molecule has 0 saturated carbocycles. The molecule has 190 valence electrons. The summed E-state index contributed by atoms with van der Waals surface area (Å²) in [6, 6.07) is 4.16. The third-order valence-corrected chi connectivity index (χ3v) is 6.66. The van der Waals surface area contributed by atoms with Gasteiger partial charge < -0.3 is 21.3 Å². The summed E-state index contributed by atoms with van der Waals surface area (Å²) in [5.41, 5.74) is 2.16. The SMILES string of the molecule is C=C(NCCNC)NCC(C)CCC1C(C)c2cc(C(F)(F)F)ccc2N[C@H]1/C(C)=C/C=C\C. The van der Waals surface area contributed by atoms with Crippen LogP contribution in [0.5, 0.6) is 0 Å². The number of halogens is 3. The lowest BCUT2D eigenvalue weighted by Gasteiger charge is -2.41. The van der Waals surface area contributed by atoms with Crippen LogP contribution in [0.3, 0.4) is 0 Å². The summed E-state index contributed by atoms with van der Waals surface area (Å²) in [6.45, 7) is 14.8. The first-order chi connectivity index (χ1) is 16.1. The predicted octanol–water partition coefficient (Wildman–Crippen LogP) is 6.03. The number of likely N-dealkylation sites (N-methyl/N-ethyl adjacent to an activating group) is 1. The van der Waals surface area contributed by atoms with Crippen LogP contribution in [0.1, 0.15) is 57.6 Å². The molecule has 3 unspecified atom stereocenters. The van der Waals surface area contributed by atoms with Gasteiger partial charge in [-0.2, -0.15) is 13.2 Å². The average Bonchev–Trinajstić information content (AvgIpc) is 2.79. The average molecular weight is 479 g/mol. The minimum atomic E-state index is -4.34. The van der Waals surface area contributed by atoms with E-state index in [1.165, 1.54) is 17.7 Å². The van der Waals surface area contributed by atoms with E-state index in [0.29, 0.717) is 5.92 Å². The fourth-order valence-corrected chi connectivity index (χ4v) is 4.54. The van der Waals surface area contributed by atoms with E-state index >= 15 is 0 Å². The van der Waals surface area contributed by atoms with E-state index in [4.69, 9.17) is 0 Å². The first kappa shape index (κ1) is 27.8. The van der Waals surface area contributed by atoms with Crippen molar-refractivity contribution < 1.29 is 13.2 Å². The molecule has 1 aliphatic rings. The van der Waals surface area contributed by atoms with Crippen LogP contribution < -0.4 is 21.3 Å². The second-order valence-corrected chi connectivity index (χ2v) is 9.38. The van der Waals surface area contributed by atoms with Crippen LogP contribution in [0.2, 0.25) is 0 Å². The summed E-state index contributed by atoms with van der Waals surface area (Å²) in [5.74, 6) is 1.41. The third kappa shape index (κ3) is 7.83. The van der Waals surface area contributed by atoms with Crippen molar-refractivity contribution in [2.75, 3.05) is 32.0 Å². The van der Waals surface area contributed by atoms with Gasteiger partial charge in [0.05, 0.1) is 17.4 Å². The van der Waals surface area contributed by atoms with Crippen molar-refractivity contribution in [1.29, 1.82) is 0 Å². The minimum Gasteiger partial charge on any atom is -0.378 e. The summed E-state index contributed by atoms with van der Waals surface area (Å²) in [5, 5.41) is 13.2. The standard InChI is InChI=1S/C27H41F3N4/c1-7-8-9-19(3)26-23(12-10-18(2)17-33-21(5)32-15-14-31-6)20(4)24-16-22(27(28,29)30)11-13-25(24)34-26/h7-9,11,13,16,18,20,23,26,31-34H,5,10,12,14-15,17H2,1-4,6H3/b8-7-,19-9+/t18?,20?,23?,26-/m0/s1. The molecule has 4 N–H and O–H groups in total. The molecular weight excluding hydrogens is 437 g/mol. The van der Waals surface area contributed by atoms with Gasteiger partial charge in [-0.05, 0) is 75.3 Å². The molecule has 1 heterocycles. The maximum atomic E-state index is 13.4. The van der Waals surface area contributed by atoms with Gasteiger partial charge in [-0.3, -0.25) is 0 Å². The topological polar surface area (TPSA) is 48.1 Å². The molecule has 0 amide bonds. The molecule has 0 saturated heterocycles. The number of hydrogen-bond acceptors (Lipinski definition) is 4. The fourth-order valence-electron chi connectivity index (χ4n) is 4.54. The summed E-state index contributed by atoms with van der Waals surface area (Å²) in [4.78, 5) is 0. The molecular formula is C27H41F3N4. The Bertz CT molecular complexity index is 860. The van der Waals surface area contributed by atoms with E-state index in [0.717, 1.165) is 49.5 Å². The van der Waals surface area contributed by atoms with Crippen LogP contribution in [0, 0.1) is 11.8 Å². The predicted molar refractivity (Wildman–Crippen MR) is 137 cm³/mol. The number of alkyl halides is 3. The molecule has 4 atom stereocenters. The summed E-state index contributed by atoms with van der Waals surface area (Å²) >= 11 is 0. The Morgan fingerprint density at radius 1 is 1.24 bits per heavy atom. The Balaban J connectivity index is 2.14. The van der Waals surface area contributed by atoms with Crippen molar-refractivity contribution in [3.05, 3.63) is 65.5 Å². The fraction of sp³-hybridized carbons (Fsp3) is 0.556. The van der Waals surface area contributed by atoms with E-state index in [-0.39, 0.29) is 17.9 Å². The number of benzene rings is 1. The van der Waals surface area contributed by atoms with Gasteiger partial charge in [-0.1, -0.05) is 44.2 Å². The lowest BCUT2D eigenvalue weighted by Crippen LogP contribution is -2.39. The first-order valence-corrected chi connectivity index (χ1v) is 12.2. The van der Waals surface area contributed by atoms with E-state index in [2.05, 4.69) is 54.7 Å². The van der Waals surface area contributed by atoms with Gasteiger partial charge in [-0.15, -0.1) is 0 Å². The van der Waals surface area contributed by atoms with Crippen molar-refractivity contribution in [2.45, 2.75) is 58.7 Å². The molecule has 4 nitrogen and oxygen atoms in total. The normalized spacial score (nSPS) is 21.6. The highest BCUT2D eigenvalue weighted by Crippen LogP contribution is 2.44. The summed E-state index contributed by atoms with van der Waals surface area (Å²) in [6.07, 6.45) is 3.64. The van der Waals surface area contributed by atoms with Crippen molar-refractivity contribution >= 4 is 5.69 Å². The number of allylic oxidation sites excluding steroid dienone is 3. The van der Waals surface area contributed by atoms with Crippen molar-refractivity contribution in [3.8, 4) is 0 Å². The Labute approximate surface area is 203 Å². The summed E-state index contributed by atoms with van der Waals surface area (Å²) in [7, 11) is 1.91. The van der Waals surface area contributed by atoms with E-state index in [9.17, 15) is 13.2 Å². The van der Waals surface area contributed by atoms with Gasteiger partial charge in [0.25, 0.3) is 0 Å². The molecule has 0 spiro atoms. The molecule has 0 aromatic heterocycles. The van der Waals surface area contributed by atoms with Crippen LogP contribution in [-0.2, 0) is 6.18 Å². The first-order valence-electron chi connectivity index (χ1n) is 12.2. The number of anilines is 1. The Hall–Kier alpha value is -2.41. The number of nitrogens with one attached hydrogen (secondary N) is 4. The highest BCUT2D eigenvalue weighted by Gasteiger charge is 2.37. The second kappa shape index (κ2) is 12.9. The van der Waals surface area contributed by atoms with Gasteiger partial charge in [0.15, 0.2) is 0 Å². The molecule has 1 aromatic carbocycles. The molecule has 0 bridgehead atoms. The van der Waals surface area contributed by atoms with Crippen LogP contribution >= 0.6 is 0 Å². The zero-order chi connectivity index (χ0) is 25.3. The van der Waals surface area contributed by atoms with Crippen LogP contribution in [-0.4, -0.2) is 32.7 Å². The van der Waals surface area contributed by atoms with Crippen molar-refractivity contribution in [2.24, 2.45) is 11.8 Å². The van der Waals surface area contributed by atoms with Gasteiger partial charge in [0.2, 0.25) is 0 Å². The second-order valence-electron chi connectivity index (χ2n) is 9.38. The molecule has 34 heavy (non-hydrogen) atoms. The van der Waals surface area contributed by atoms with Crippen LogP contribution in [0.25, 0.3) is 0 Å². The quantitative estimate of drug-likeness (QED) is 0.219. The molecule has 1 aromatic rings. The zero-order valence-corrected chi connectivity index (χ0v) is 21.2. The van der Waals surface area contributed by atoms with E-state index in [1.54, 1.807) is 6.07 Å². The minimum absolute atomic E-state index is 0.0100. The monoisotopic (exact) mass is 478 g/mol. The lowest BCUT2D eigenvalue weighted by molar-refractivity contribution is -0.137. The molecule has 2 rings (SSSR count). The van der Waals surface area contributed by atoms with E-state index in [1.807, 2.05) is 26.1 Å². The number of hydrogen-bond donors (Lipinski definition) is 4. The largest absolute Gasteiger partial charge is 0.416 e. The van der Waals surface area contributed by atoms with Gasteiger partial charge in [-0.25, -0.2) is 0 Å². The molecule has 0 radical (unpaired) electrons. The van der Waals surface area contributed by atoms with Gasteiger partial charge in [0.1, 0.15) is 0 Å². The van der Waals surface area contributed by atoms with Crippen molar-refractivity contribution in [1.82, 2.24) is 16.0 Å².